The van der Waals surface area contributed by atoms with E-state index < -0.39 is 5.63 Å². The maximum absolute atomic E-state index is 12.2. The summed E-state index contributed by atoms with van der Waals surface area (Å²) in [5.41, 5.74) is 0.746. The summed E-state index contributed by atoms with van der Waals surface area (Å²) in [5, 5.41) is 2.95. The molecule has 130 valence electrons. The Labute approximate surface area is 154 Å². The number of allylic oxidation sites excluding steroid dienone is 3. The molecule has 0 fully saturated rings. The molecule has 0 spiro atoms. The Hall–Kier alpha value is -2.85. The van der Waals surface area contributed by atoms with Crippen LogP contribution < -0.4 is 10.4 Å². The van der Waals surface area contributed by atoms with Crippen LogP contribution in [0.3, 0.4) is 0 Å². The molecule has 1 aliphatic carbocycles. The SMILES string of the molecule is O=C(COc1ccc2c(c1)oc(=O)c1ccccc12)C1=CC=C(Cl)CC1. The Morgan fingerprint density at radius 1 is 1.04 bits per heavy atom. The number of ether oxygens (including phenoxy) is 1. The molecule has 0 amide bonds. The Bertz CT molecular complexity index is 1140. The Morgan fingerprint density at radius 3 is 2.62 bits per heavy atom. The van der Waals surface area contributed by atoms with Crippen molar-refractivity contribution in [2.45, 2.75) is 12.8 Å². The summed E-state index contributed by atoms with van der Waals surface area (Å²) in [4.78, 5) is 24.3. The maximum Gasteiger partial charge on any atom is 0.344 e. The Balaban J connectivity index is 1.59. The summed E-state index contributed by atoms with van der Waals surface area (Å²) >= 11 is 5.91. The minimum atomic E-state index is -0.391. The van der Waals surface area contributed by atoms with Gasteiger partial charge in [0.05, 0.1) is 5.39 Å². The lowest BCUT2D eigenvalue weighted by atomic mass is 10.0. The number of Topliss-reactive ketones (excluding diaryl/α,β-unsaturated/α-hetero) is 1. The van der Waals surface area contributed by atoms with Crippen molar-refractivity contribution in [2.24, 2.45) is 0 Å². The topological polar surface area (TPSA) is 56.5 Å². The summed E-state index contributed by atoms with van der Waals surface area (Å²) < 4.78 is 11.0. The number of benzene rings is 2. The van der Waals surface area contributed by atoms with Gasteiger partial charge in [0.25, 0.3) is 0 Å². The highest BCUT2D eigenvalue weighted by molar-refractivity contribution is 6.29. The molecule has 4 nitrogen and oxygen atoms in total. The van der Waals surface area contributed by atoms with Crippen LogP contribution in [0.15, 0.2) is 74.4 Å². The molecule has 2 aromatic carbocycles. The number of carbonyl (C=O) groups excluding carboxylic acids is 1. The first-order valence-corrected chi connectivity index (χ1v) is 8.66. The lowest BCUT2D eigenvalue weighted by Gasteiger charge is -2.11. The van der Waals surface area contributed by atoms with E-state index in [1.54, 1.807) is 36.4 Å². The van der Waals surface area contributed by atoms with Crippen molar-refractivity contribution in [3.05, 3.63) is 75.6 Å². The Kier molecular flexibility index (Phi) is 4.35. The number of ketones is 1. The second-order valence-electron chi connectivity index (χ2n) is 6.11. The van der Waals surface area contributed by atoms with Gasteiger partial charge in [0.15, 0.2) is 12.4 Å². The molecule has 0 N–H and O–H groups in total. The monoisotopic (exact) mass is 366 g/mol. The third-order valence-corrected chi connectivity index (χ3v) is 4.73. The fourth-order valence-corrected chi connectivity index (χ4v) is 3.19. The summed E-state index contributed by atoms with van der Waals surface area (Å²) in [6.07, 6.45) is 4.78. The third kappa shape index (κ3) is 3.16. The van der Waals surface area contributed by atoms with E-state index in [4.69, 9.17) is 20.8 Å². The second kappa shape index (κ2) is 6.81. The van der Waals surface area contributed by atoms with Crippen LogP contribution in [0.5, 0.6) is 5.75 Å². The number of halogens is 1. The van der Waals surface area contributed by atoms with Crippen molar-refractivity contribution in [1.82, 2.24) is 0 Å². The number of hydrogen-bond acceptors (Lipinski definition) is 4. The highest BCUT2D eigenvalue weighted by Crippen LogP contribution is 2.27. The van der Waals surface area contributed by atoms with Crippen molar-refractivity contribution in [3.63, 3.8) is 0 Å². The largest absolute Gasteiger partial charge is 0.485 e. The Morgan fingerprint density at radius 2 is 1.85 bits per heavy atom. The van der Waals surface area contributed by atoms with Gasteiger partial charge >= 0.3 is 5.63 Å². The van der Waals surface area contributed by atoms with Crippen molar-refractivity contribution in [3.8, 4) is 5.75 Å². The van der Waals surface area contributed by atoms with Crippen LogP contribution in [0.1, 0.15) is 12.8 Å². The first-order chi connectivity index (χ1) is 12.6. The highest BCUT2D eigenvalue weighted by Gasteiger charge is 2.14. The van der Waals surface area contributed by atoms with E-state index in [2.05, 4.69) is 0 Å². The van der Waals surface area contributed by atoms with Gasteiger partial charge in [-0.25, -0.2) is 4.79 Å². The minimum Gasteiger partial charge on any atom is -0.485 e. The molecule has 0 aliphatic heterocycles. The molecule has 0 saturated carbocycles. The van der Waals surface area contributed by atoms with Crippen molar-refractivity contribution < 1.29 is 13.9 Å². The van der Waals surface area contributed by atoms with Crippen LogP contribution in [-0.4, -0.2) is 12.4 Å². The van der Waals surface area contributed by atoms with Gasteiger partial charge in [0.2, 0.25) is 0 Å². The van der Waals surface area contributed by atoms with E-state index in [1.807, 2.05) is 18.2 Å². The van der Waals surface area contributed by atoms with Gasteiger partial charge in [-0.1, -0.05) is 35.9 Å². The zero-order chi connectivity index (χ0) is 18.1. The highest BCUT2D eigenvalue weighted by atomic mass is 35.5. The third-order valence-electron chi connectivity index (χ3n) is 4.42. The molecule has 0 saturated heterocycles. The normalized spacial score (nSPS) is 14.2. The lowest BCUT2D eigenvalue weighted by molar-refractivity contribution is -0.117. The molecule has 26 heavy (non-hydrogen) atoms. The standard InChI is InChI=1S/C21H15ClO4/c22-14-7-5-13(6-8-14)19(23)12-25-15-9-10-17-16-3-1-2-4-18(16)21(24)26-20(17)11-15/h1-5,7,9-11H,6,8,12H2. The van der Waals surface area contributed by atoms with Gasteiger partial charge in [0.1, 0.15) is 11.3 Å². The van der Waals surface area contributed by atoms with E-state index in [9.17, 15) is 9.59 Å². The summed E-state index contributed by atoms with van der Waals surface area (Å²) in [7, 11) is 0. The molecule has 1 aromatic heterocycles. The molecular weight excluding hydrogens is 352 g/mol. The smallest absolute Gasteiger partial charge is 0.344 e. The first-order valence-electron chi connectivity index (χ1n) is 8.29. The second-order valence-corrected chi connectivity index (χ2v) is 6.60. The summed E-state index contributed by atoms with van der Waals surface area (Å²) in [6, 6.07) is 12.5. The molecular formula is C21H15ClO4. The number of rotatable bonds is 4. The van der Waals surface area contributed by atoms with E-state index in [0.29, 0.717) is 35.1 Å². The van der Waals surface area contributed by atoms with Gasteiger partial charge in [-0.15, -0.1) is 0 Å². The van der Waals surface area contributed by atoms with E-state index in [0.717, 1.165) is 15.8 Å². The molecule has 3 aromatic rings. The first kappa shape index (κ1) is 16.6. The molecule has 5 heteroatoms. The van der Waals surface area contributed by atoms with Crippen LogP contribution >= 0.6 is 11.6 Å². The molecule has 0 unspecified atom stereocenters. The van der Waals surface area contributed by atoms with Gasteiger partial charge in [-0.3, -0.25) is 4.79 Å². The van der Waals surface area contributed by atoms with E-state index in [-0.39, 0.29) is 12.4 Å². The van der Waals surface area contributed by atoms with Crippen LogP contribution in [0, 0.1) is 0 Å². The molecule has 0 atom stereocenters. The lowest BCUT2D eigenvalue weighted by Crippen LogP contribution is -2.14. The van der Waals surface area contributed by atoms with Crippen LogP contribution in [-0.2, 0) is 4.79 Å². The number of fused-ring (bicyclic) bond motifs is 3. The average molecular weight is 367 g/mol. The molecule has 0 radical (unpaired) electrons. The summed E-state index contributed by atoms with van der Waals surface area (Å²) in [5.74, 6) is 0.403. The fourth-order valence-electron chi connectivity index (χ4n) is 3.04. The van der Waals surface area contributed by atoms with Gasteiger partial charge in [0, 0.05) is 16.5 Å². The quantitative estimate of drug-likeness (QED) is 0.494. The molecule has 0 bridgehead atoms. The number of carbonyl (C=O) groups is 1. The van der Waals surface area contributed by atoms with E-state index >= 15 is 0 Å². The summed E-state index contributed by atoms with van der Waals surface area (Å²) in [6.45, 7) is -0.0688. The van der Waals surface area contributed by atoms with Gasteiger partial charge in [-0.2, -0.15) is 0 Å². The fraction of sp³-hybridized carbons (Fsp3) is 0.143. The molecule has 1 heterocycles. The zero-order valence-electron chi connectivity index (χ0n) is 13.8. The minimum absolute atomic E-state index is 0.0688. The average Bonchev–Trinajstić information content (AvgIpc) is 2.67. The van der Waals surface area contributed by atoms with E-state index in [1.165, 1.54) is 0 Å². The van der Waals surface area contributed by atoms with Crippen molar-refractivity contribution in [2.75, 3.05) is 6.61 Å². The van der Waals surface area contributed by atoms with Gasteiger partial charge in [-0.05, 0) is 48.1 Å². The van der Waals surface area contributed by atoms with Crippen LogP contribution in [0.2, 0.25) is 0 Å². The van der Waals surface area contributed by atoms with Gasteiger partial charge < -0.3 is 9.15 Å². The maximum atomic E-state index is 12.2. The molecule has 1 aliphatic rings. The number of hydrogen-bond donors (Lipinski definition) is 0. The van der Waals surface area contributed by atoms with Crippen molar-refractivity contribution >= 4 is 39.1 Å². The molecule has 4 rings (SSSR count). The van der Waals surface area contributed by atoms with Crippen molar-refractivity contribution in [1.29, 1.82) is 0 Å². The van der Waals surface area contributed by atoms with Crippen LogP contribution in [0.4, 0.5) is 0 Å². The van der Waals surface area contributed by atoms with Crippen LogP contribution in [0.25, 0.3) is 21.7 Å². The predicted octanol–water partition coefficient (Wildman–Crippen LogP) is 4.74. The predicted molar refractivity (Wildman–Crippen MR) is 102 cm³/mol. The zero-order valence-corrected chi connectivity index (χ0v) is 14.6.